The Morgan fingerprint density at radius 2 is 2.05 bits per heavy atom. The SMILES string of the molecule is CN1[C@@H]2CC[C@H]1[C@H](F)[C@H](Nc1cccc3c(SC(F)(F)F)c(-c4noc(CNC(=O)OC(C)(C)C)n4)sc13)C2. The number of anilines is 1. The van der Waals surface area contributed by atoms with E-state index in [1.807, 2.05) is 7.05 Å². The van der Waals surface area contributed by atoms with E-state index in [4.69, 9.17) is 9.26 Å². The Labute approximate surface area is 230 Å². The Bertz CT molecular complexity index is 1360. The minimum atomic E-state index is -4.56. The van der Waals surface area contributed by atoms with E-state index in [0.717, 1.165) is 24.2 Å². The molecule has 0 saturated carbocycles. The smallest absolute Gasteiger partial charge is 0.444 e. The summed E-state index contributed by atoms with van der Waals surface area (Å²) in [6.45, 7) is 4.99. The molecule has 8 nitrogen and oxygen atoms in total. The van der Waals surface area contributed by atoms with Crippen LogP contribution in [0.3, 0.4) is 0 Å². The lowest BCUT2D eigenvalue weighted by atomic mass is 9.95. The van der Waals surface area contributed by atoms with Gasteiger partial charge in [0.15, 0.2) is 0 Å². The number of alkyl halides is 4. The second-order valence-corrected chi connectivity index (χ2v) is 12.8. The number of amides is 1. The van der Waals surface area contributed by atoms with Crippen LogP contribution in [0.4, 0.5) is 28.0 Å². The molecule has 2 bridgehead atoms. The van der Waals surface area contributed by atoms with Crippen LogP contribution in [0.2, 0.25) is 0 Å². The first-order chi connectivity index (χ1) is 18.3. The summed E-state index contributed by atoms with van der Waals surface area (Å²) >= 11 is 0.833. The monoisotopic (exact) mass is 587 g/mol. The molecule has 2 fully saturated rings. The summed E-state index contributed by atoms with van der Waals surface area (Å²) in [6, 6.07) is 4.69. The number of nitrogens with zero attached hydrogens (tertiary/aromatic N) is 3. The molecule has 14 heteroatoms. The van der Waals surface area contributed by atoms with Gasteiger partial charge in [-0.15, -0.1) is 11.3 Å². The van der Waals surface area contributed by atoms with Crippen LogP contribution >= 0.6 is 23.1 Å². The van der Waals surface area contributed by atoms with Crippen molar-refractivity contribution in [2.24, 2.45) is 0 Å². The fourth-order valence-electron chi connectivity index (χ4n) is 5.19. The summed E-state index contributed by atoms with van der Waals surface area (Å²) in [6.07, 6.45) is 0.559. The molecule has 0 radical (unpaired) electrons. The fourth-order valence-corrected chi connectivity index (χ4v) is 7.30. The van der Waals surface area contributed by atoms with E-state index in [9.17, 15) is 18.0 Å². The Morgan fingerprint density at radius 3 is 2.77 bits per heavy atom. The lowest BCUT2D eigenvalue weighted by Gasteiger charge is -2.39. The number of fused-ring (bicyclic) bond motifs is 3. The molecule has 5 rings (SSSR count). The zero-order chi connectivity index (χ0) is 28.1. The number of hydrogen-bond acceptors (Lipinski definition) is 9. The summed E-state index contributed by atoms with van der Waals surface area (Å²) in [4.78, 5) is 18.4. The molecule has 3 aromatic rings. The average Bonchev–Trinajstić information content (AvgIpc) is 3.50. The van der Waals surface area contributed by atoms with Crippen LogP contribution in [-0.2, 0) is 11.3 Å². The van der Waals surface area contributed by atoms with Crippen molar-refractivity contribution < 1.29 is 31.6 Å². The molecule has 1 amide bonds. The van der Waals surface area contributed by atoms with E-state index < -0.39 is 29.4 Å². The van der Waals surface area contributed by atoms with E-state index >= 15 is 4.39 Å². The standard InChI is InChI=1S/C25H29F4N5O3S2/c1-24(2,3)36-23(35)30-11-17-32-22(33-37-17)21-20(39-25(27,28)29)13-6-5-7-14(19(13)38-21)31-15-10-12-8-9-16(18(15)26)34(12)4/h5-7,12,15-16,18,31H,8-11H2,1-4H3,(H,30,35)/t12-,15-,16+,18-/m1/s1. The largest absolute Gasteiger partial charge is 0.446 e. The van der Waals surface area contributed by atoms with E-state index in [1.165, 1.54) is 0 Å². The van der Waals surface area contributed by atoms with Gasteiger partial charge in [-0.25, -0.2) is 9.18 Å². The highest BCUT2D eigenvalue weighted by atomic mass is 32.2. The lowest BCUT2D eigenvalue weighted by molar-refractivity contribution is -0.0327. The summed E-state index contributed by atoms with van der Waals surface area (Å²) < 4.78 is 67.1. The Kier molecular flexibility index (Phi) is 7.48. The molecule has 0 aliphatic carbocycles. The molecule has 2 aliphatic rings. The number of halogens is 4. The zero-order valence-corrected chi connectivity index (χ0v) is 23.4. The maximum absolute atomic E-state index is 15.3. The third-order valence-electron chi connectivity index (χ3n) is 6.86. The number of carbonyl (C=O) groups is 1. The maximum atomic E-state index is 15.3. The number of benzene rings is 1. The Hall–Kier alpha value is -2.58. The van der Waals surface area contributed by atoms with Gasteiger partial charge in [-0.05, 0) is 64.9 Å². The van der Waals surface area contributed by atoms with Gasteiger partial charge < -0.3 is 19.9 Å². The molecule has 1 aromatic carbocycles. The number of alkyl carbamates (subject to hydrolysis) is 1. The number of aromatic nitrogens is 2. The van der Waals surface area contributed by atoms with Crippen molar-refractivity contribution in [2.45, 2.75) is 86.9 Å². The van der Waals surface area contributed by atoms with Crippen LogP contribution in [0.15, 0.2) is 27.6 Å². The van der Waals surface area contributed by atoms with Crippen molar-refractivity contribution in [2.75, 3.05) is 12.4 Å². The van der Waals surface area contributed by atoms with Crippen LogP contribution in [0.5, 0.6) is 0 Å². The minimum absolute atomic E-state index is 0.0108. The number of rotatable bonds is 6. The van der Waals surface area contributed by atoms with E-state index in [0.29, 0.717) is 22.2 Å². The van der Waals surface area contributed by atoms with Crippen molar-refractivity contribution in [1.82, 2.24) is 20.4 Å². The van der Waals surface area contributed by atoms with Crippen molar-refractivity contribution in [3.63, 3.8) is 0 Å². The highest BCUT2D eigenvalue weighted by Gasteiger charge is 2.46. The minimum Gasteiger partial charge on any atom is -0.444 e. The summed E-state index contributed by atoms with van der Waals surface area (Å²) in [5.74, 6) is -0.0210. The quantitative estimate of drug-likeness (QED) is 0.247. The molecule has 39 heavy (non-hydrogen) atoms. The van der Waals surface area contributed by atoms with Crippen LogP contribution in [0.1, 0.15) is 45.9 Å². The normalized spacial score (nSPS) is 23.8. The molecule has 2 aromatic heterocycles. The maximum Gasteiger partial charge on any atom is 0.446 e. The Balaban J connectivity index is 1.44. The highest BCUT2D eigenvalue weighted by molar-refractivity contribution is 8.00. The number of thioether (sulfide) groups is 1. The van der Waals surface area contributed by atoms with Gasteiger partial charge >= 0.3 is 11.6 Å². The van der Waals surface area contributed by atoms with E-state index in [2.05, 4.69) is 25.7 Å². The van der Waals surface area contributed by atoms with E-state index in [1.54, 1.807) is 39.0 Å². The molecular formula is C25H29F4N5O3S2. The van der Waals surface area contributed by atoms with Gasteiger partial charge in [-0.3, -0.25) is 4.90 Å². The number of piperidine rings is 1. The molecule has 212 valence electrons. The van der Waals surface area contributed by atoms with Crippen molar-refractivity contribution in [1.29, 1.82) is 0 Å². The van der Waals surface area contributed by atoms with Crippen molar-refractivity contribution in [3.8, 4) is 10.7 Å². The number of hydrogen-bond donors (Lipinski definition) is 2. The first-order valence-corrected chi connectivity index (χ1v) is 14.2. The van der Waals surface area contributed by atoms with Crippen LogP contribution in [0.25, 0.3) is 20.8 Å². The predicted octanol–water partition coefficient (Wildman–Crippen LogP) is 6.57. The lowest BCUT2D eigenvalue weighted by Crippen LogP contribution is -2.53. The second-order valence-electron chi connectivity index (χ2n) is 10.8. The third-order valence-corrected chi connectivity index (χ3v) is 9.08. The molecule has 0 unspecified atom stereocenters. The topological polar surface area (TPSA) is 92.5 Å². The number of ether oxygens (including phenoxy) is 1. The highest BCUT2D eigenvalue weighted by Crippen LogP contribution is 2.51. The molecule has 4 atom stereocenters. The Morgan fingerprint density at radius 1 is 1.28 bits per heavy atom. The van der Waals surface area contributed by atoms with E-state index in [-0.39, 0.29) is 51.9 Å². The average molecular weight is 588 g/mol. The summed E-state index contributed by atoms with van der Waals surface area (Å²) in [5, 5.41) is 10.0. The second kappa shape index (κ2) is 10.4. The van der Waals surface area contributed by atoms with Gasteiger partial charge in [0, 0.05) is 22.4 Å². The third kappa shape index (κ3) is 6.12. The first-order valence-electron chi connectivity index (χ1n) is 12.5. The van der Waals surface area contributed by atoms with Gasteiger partial charge in [0.1, 0.15) is 18.3 Å². The molecule has 2 aliphatic heterocycles. The van der Waals surface area contributed by atoms with Gasteiger partial charge in [0.25, 0.3) is 0 Å². The van der Waals surface area contributed by atoms with Crippen LogP contribution < -0.4 is 10.6 Å². The van der Waals surface area contributed by atoms with Gasteiger partial charge in [0.05, 0.1) is 21.3 Å². The molecule has 0 spiro atoms. The molecule has 2 N–H and O–H groups in total. The molecule has 2 saturated heterocycles. The summed E-state index contributed by atoms with van der Waals surface area (Å²) in [5.41, 5.74) is -4.69. The fraction of sp³-hybridized carbons (Fsp3) is 0.560. The number of nitrogens with one attached hydrogen (secondary N) is 2. The molecule has 4 heterocycles. The van der Waals surface area contributed by atoms with Crippen LogP contribution in [-0.4, -0.2) is 63.6 Å². The number of thiophene rings is 1. The predicted molar refractivity (Wildman–Crippen MR) is 142 cm³/mol. The van der Waals surface area contributed by atoms with Crippen LogP contribution in [0, 0.1) is 0 Å². The molecular weight excluding hydrogens is 558 g/mol. The van der Waals surface area contributed by atoms with Gasteiger partial charge in [0.2, 0.25) is 11.7 Å². The van der Waals surface area contributed by atoms with Crippen molar-refractivity contribution >= 4 is 45.0 Å². The summed E-state index contributed by atoms with van der Waals surface area (Å²) in [7, 11) is 1.94. The van der Waals surface area contributed by atoms with Crippen molar-refractivity contribution in [3.05, 3.63) is 24.1 Å². The zero-order valence-electron chi connectivity index (χ0n) is 21.8. The number of carbonyl (C=O) groups excluding carboxylic acids is 1. The van der Waals surface area contributed by atoms with Gasteiger partial charge in [-0.2, -0.15) is 18.2 Å². The first kappa shape index (κ1) is 28.0. The van der Waals surface area contributed by atoms with Gasteiger partial charge in [-0.1, -0.05) is 17.3 Å².